The molecule has 190 valence electrons. The number of hydrogen-bond acceptors (Lipinski definition) is 6. The van der Waals surface area contributed by atoms with E-state index in [9.17, 15) is 31.5 Å². The Balaban J connectivity index is 1.84. The van der Waals surface area contributed by atoms with E-state index in [1.807, 2.05) is 0 Å². The van der Waals surface area contributed by atoms with Crippen LogP contribution < -0.4 is 11.1 Å². The Kier molecular flexibility index (Phi) is 6.51. The van der Waals surface area contributed by atoms with Crippen LogP contribution in [0.2, 0.25) is 5.02 Å². The van der Waals surface area contributed by atoms with Crippen molar-refractivity contribution in [3.8, 4) is 11.3 Å². The molecule has 0 spiro atoms. The van der Waals surface area contributed by atoms with E-state index >= 15 is 0 Å². The summed E-state index contributed by atoms with van der Waals surface area (Å²) >= 11 is 6.45. The first-order chi connectivity index (χ1) is 16.8. The van der Waals surface area contributed by atoms with E-state index in [1.165, 1.54) is 32.2 Å². The molecule has 0 aromatic carbocycles. The van der Waals surface area contributed by atoms with Crippen LogP contribution in [0.3, 0.4) is 0 Å². The molecule has 0 fully saturated rings. The number of furan rings is 1. The number of nitrogens with two attached hydrogens (primary N) is 1. The maximum Gasteiger partial charge on any atom is 0.436 e. The zero-order valence-corrected chi connectivity index (χ0v) is 19.9. The molecule has 4 heterocycles. The molecule has 1 atom stereocenters. The molecule has 4 aromatic heterocycles. The number of hydrogen-bond donors (Lipinski definition) is 2. The van der Waals surface area contributed by atoms with Crippen LogP contribution in [0, 0.1) is 6.92 Å². The number of anilines is 1. The molecule has 1 unspecified atom stereocenters. The van der Waals surface area contributed by atoms with E-state index in [2.05, 4.69) is 15.4 Å². The smallest absolute Gasteiger partial charge is 0.436 e. The maximum absolute atomic E-state index is 13.5. The zero-order valence-electron chi connectivity index (χ0n) is 18.3. The molecular weight excluding hydrogens is 533 g/mol. The van der Waals surface area contributed by atoms with Gasteiger partial charge in [0.15, 0.2) is 5.69 Å². The van der Waals surface area contributed by atoms with Gasteiger partial charge in [-0.2, -0.15) is 18.3 Å². The van der Waals surface area contributed by atoms with Gasteiger partial charge in [-0.3, -0.25) is 14.3 Å². The first-order valence-corrected chi connectivity index (χ1v) is 11.2. The molecule has 3 N–H and O–H groups in total. The molecule has 0 aliphatic carbocycles. The standard InChI is InChI=1S/C21H15ClF5N5O3S/c1-7-13(22)16(21(25,26)27)31-32(7)8(2)19(34)30-14-12-9(11-4-3-5-35-11)6-10(17(23)24)29-20(12)36-15(14)18(28)33/h3-6,8,17H,1-2H3,(H2,28,33)(H,30,34). The number of rotatable bonds is 6. The Morgan fingerprint density at radius 3 is 2.53 bits per heavy atom. The highest BCUT2D eigenvalue weighted by atomic mass is 35.5. The Bertz CT molecular complexity index is 1480. The lowest BCUT2D eigenvalue weighted by Gasteiger charge is -2.15. The fourth-order valence-electron chi connectivity index (χ4n) is 3.54. The molecule has 4 rings (SSSR count). The topological polar surface area (TPSA) is 116 Å². The summed E-state index contributed by atoms with van der Waals surface area (Å²) in [5.41, 5.74) is 3.35. The summed E-state index contributed by atoms with van der Waals surface area (Å²) in [6, 6.07) is 2.71. The lowest BCUT2D eigenvalue weighted by Crippen LogP contribution is -2.26. The van der Waals surface area contributed by atoms with Crippen LogP contribution in [0.25, 0.3) is 21.5 Å². The Morgan fingerprint density at radius 2 is 2.00 bits per heavy atom. The van der Waals surface area contributed by atoms with Gasteiger partial charge in [0.2, 0.25) is 5.91 Å². The summed E-state index contributed by atoms with van der Waals surface area (Å²) in [6.07, 6.45) is -6.50. The largest absolute Gasteiger partial charge is 0.464 e. The molecule has 4 aromatic rings. The minimum absolute atomic E-state index is 0.0337. The number of carbonyl (C=O) groups is 2. The molecule has 0 radical (unpaired) electrons. The molecule has 0 saturated carbocycles. The normalized spacial score (nSPS) is 12.9. The van der Waals surface area contributed by atoms with Gasteiger partial charge in [0.05, 0.1) is 22.7 Å². The summed E-state index contributed by atoms with van der Waals surface area (Å²) in [4.78, 5) is 28.9. The highest BCUT2D eigenvalue weighted by molar-refractivity contribution is 7.21. The number of nitrogens with one attached hydrogen (secondary N) is 1. The number of amides is 2. The number of primary amides is 1. The van der Waals surface area contributed by atoms with Crippen molar-refractivity contribution < 1.29 is 36.0 Å². The van der Waals surface area contributed by atoms with Crippen LogP contribution in [-0.4, -0.2) is 26.6 Å². The van der Waals surface area contributed by atoms with Crippen LogP contribution in [0.15, 0.2) is 28.9 Å². The van der Waals surface area contributed by atoms with Crippen molar-refractivity contribution in [3.63, 3.8) is 0 Å². The van der Waals surface area contributed by atoms with Crippen molar-refractivity contribution in [1.82, 2.24) is 14.8 Å². The monoisotopic (exact) mass is 547 g/mol. The second-order valence-electron chi connectivity index (χ2n) is 7.58. The third kappa shape index (κ3) is 4.41. The van der Waals surface area contributed by atoms with Gasteiger partial charge in [-0.15, -0.1) is 11.3 Å². The van der Waals surface area contributed by atoms with Gasteiger partial charge >= 0.3 is 6.18 Å². The molecule has 8 nitrogen and oxygen atoms in total. The highest BCUT2D eigenvalue weighted by Crippen LogP contribution is 2.43. The number of fused-ring (bicyclic) bond motifs is 1. The van der Waals surface area contributed by atoms with E-state index in [1.54, 1.807) is 0 Å². The molecule has 36 heavy (non-hydrogen) atoms. The lowest BCUT2D eigenvalue weighted by atomic mass is 10.1. The molecular formula is C21H15ClF5N5O3S. The van der Waals surface area contributed by atoms with Crippen molar-refractivity contribution in [2.75, 3.05) is 5.32 Å². The minimum atomic E-state index is -4.85. The van der Waals surface area contributed by atoms with Crippen LogP contribution in [0.1, 0.15) is 46.1 Å². The number of carbonyl (C=O) groups excluding carboxylic acids is 2. The average Bonchev–Trinajstić information content (AvgIpc) is 3.51. The van der Waals surface area contributed by atoms with Gasteiger partial charge in [0.1, 0.15) is 27.2 Å². The summed E-state index contributed by atoms with van der Waals surface area (Å²) in [5.74, 6) is -1.72. The fourth-order valence-corrected chi connectivity index (χ4v) is 4.79. The highest BCUT2D eigenvalue weighted by Gasteiger charge is 2.39. The number of nitrogens with zero attached hydrogens (tertiary/aromatic N) is 3. The van der Waals surface area contributed by atoms with E-state index in [4.69, 9.17) is 21.8 Å². The van der Waals surface area contributed by atoms with Crippen LogP contribution >= 0.6 is 22.9 Å². The summed E-state index contributed by atoms with van der Waals surface area (Å²) in [5, 5.41) is 5.35. The molecule has 15 heteroatoms. The van der Waals surface area contributed by atoms with Gasteiger partial charge < -0.3 is 15.5 Å². The van der Waals surface area contributed by atoms with Crippen molar-refractivity contribution in [1.29, 1.82) is 0 Å². The summed E-state index contributed by atoms with van der Waals surface area (Å²) in [6.45, 7) is 2.53. The van der Waals surface area contributed by atoms with Crippen molar-refractivity contribution in [3.05, 3.63) is 51.4 Å². The van der Waals surface area contributed by atoms with E-state index in [-0.39, 0.29) is 37.8 Å². The first kappa shape index (κ1) is 25.6. The number of halogens is 6. The first-order valence-electron chi connectivity index (χ1n) is 10.0. The second-order valence-corrected chi connectivity index (χ2v) is 8.96. The van der Waals surface area contributed by atoms with Crippen LogP contribution in [0.4, 0.5) is 27.6 Å². The second kappa shape index (κ2) is 9.17. The van der Waals surface area contributed by atoms with Crippen molar-refractivity contribution in [2.45, 2.75) is 32.5 Å². The predicted octanol–water partition coefficient (Wildman–Crippen LogP) is 5.97. The van der Waals surface area contributed by atoms with E-state index < -0.39 is 46.9 Å². The number of aromatic nitrogens is 3. The lowest BCUT2D eigenvalue weighted by molar-refractivity contribution is -0.141. The van der Waals surface area contributed by atoms with Crippen LogP contribution in [-0.2, 0) is 11.0 Å². The molecule has 0 bridgehead atoms. The number of thiophene rings is 1. The van der Waals surface area contributed by atoms with E-state index in [0.717, 1.165) is 10.7 Å². The number of alkyl halides is 5. The molecule has 2 amide bonds. The third-order valence-corrected chi connectivity index (χ3v) is 6.81. The quantitative estimate of drug-likeness (QED) is 0.289. The van der Waals surface area contributed by atoms with E-state index in [0.29, 0.717) is 11.3 Å². The predicted molar refractivity (Wildman–Crippen MR) is 121 cm³/mol. The zero-order chi connectivity index (χ0) is 26.5. The maximum atomic E-state index is 13.5. The van der Waals surface area contributed by atoms with Gasteiger partial charge in [0, 0.05) is 10.9 Å². The van der Waals surface area contributed by atoms with Gasteiger partial charge in [-0.25, -0.2) is 13.8 Å². The Morgan fingerprint density at radius 1 is 1.31 bits per heavy atom. The minimum Gasteiger partial charge on any atom is -0.464 e. The van der Waals surface area contributed by atoms with Crippen LogP contribution in [0.5, 0.6) is 0 Å². The molecule has 0 aliphatic rings. The van der Waals surface area contributed by atoms with Gasteiger partial charge in [-0.1, -0.05) is 11.6 Å². The van der Waals surface area contributed by atoms with Crippen molar-refractivity contribution >= 4 is 50.7 Å². The number of pyridine rings is 1. The Labute approximate surface area is 207 Å². The SMILES string of the molecule is Cc1c(Cl)c(C(F)(F)F)nn1C(C)C(=O)Nc1c(C(N)=O)sc2nc(C(F)F)cc(-c3ccco3)c12. The Hall–Kier alpha value is -3.52. The summed E-state index contributed by atoms with van der Waals surface area (Å²) < 4.78 is 72.8. The fraction of sp³-hybridized carbons (Fsp3) is 0.238. The van der Waals surface area contributed by atoms with Gasteiger partial charge in [0.25, 0.3) is 12.3 Å². The van der Waals surface area contributed by atoms with Gasteiger partial charge in [-0.05, 0) is 32.0 Å². The summed E-state index contributed by atoms with van der Waals surface area (Å²) in [7, 11) is 0. The molecule has 0 aliphatic heterocycles. The molecule has 0 saturated heterocycles. The van der Waals surface area contributed by atoms with Crippen molar-refractivity contribution in [2.24, 2.45) is 5.73 Å². The third-order valence-electron chi connectivity index (χ3n) is 5.26. The average molecular weight is 548 g/mol.